The van der Waals surface area contributed by atoms with E-state index in [1.54, 1.807) is 6.92 Å². The molecule has 2 aromatic carbocycles. The highest BCUT2D eigenvalue weighted by atomic mass is 32.2. The zero-order valence-electron chi connectivity index (χ0n) is 14.6. The number of halogens is 4. The van der Waals surface area contributed by atoms with Crippen LogP contribution >= 0.6 is 0 Å². The van der Waals surface area contributed by atoms with Crippen LogP contribution in [0.15, 0.2) is 53.4 Å². The van der Waals surface area contributed by atoms with Crippen LogP contribution in [0.25, 0.3) is 0 Å². The van der Waals surface area contributed by atoms with Crippen LogP contribution in [0, 0.1) is 6.92 Å². The van der Waals surface area contributed by atoms with Crippen molar-refractivity contribution in [3.05, 3.63) is 54.1 Å². The first-order chi connectivity index (χ1) is 12.6. The minimum atomic E-state index is -4.56. The Labute approximate surface area is 155 Å². The van der Waals surface area contributed by atoms with E-state index >= 15 is 0 Å². The Morgan fingerprint density at radius 3 is 2.07 bits per heavy atom. The van der Waals surface area contributed by atoms with Gasteiger partial charge in [-0.2, -0.15) is 8.78 Å². The number of alkyl halides is 4. The van der Waals surface area contributed by atoms with Gasteiger partial charge >= 0.3 is 12.3 Å². The van der Waals surface area contributed by atoms with Crippen molar-refractivity contribution in [3.63, 3.8) is 0 Å². The number of sulfone groups is 1. The van der Waals surface area contributed by atoms with Gasteiger partial charge in [-0.15, -0.1) is 0 Å². The average Bonchev–Trinajstić information content (AvgIpc) is 2.61. The van der Waals surface area contributed by atoms with E-state index in [-0.39, 0.29) is 10.6 Å². The molecule has 1 N–H and O–H groups in total. The molecule has 0 unspecified atom stereocenters. The lowest BCUT2D eigenvalue weighted by Crippen LogP contribution is -2.49. The maximum absolute atomic E-state index is 14.1. The highest BCUT2D eigenvalue weighted by molar-refractivity contribution is 7.91. The summed E-state index contributed by atoms with van der Waals surface area (Å²) in [5.74, 6) is -5.32. The Hall–Kier alpha value is -2.29. The Morgan fingerprint density at radius 1 is 1.04 bits per heavy atom. The Bertz CT molecular complexity index is 853. The van der Waals surface area contributed by atoms with Crippen molar-refractivity contribution in [1.82, 2.24) is 0 Å². The summed E-state index contributed by atoms with van der Waals surface area (Å²) in [7, 11) is -2.82. The van der Waals surface area contributed by atoms with Gasteiger partial charge in [0.1, 0.15) is 11.8 Å². The van der Waals surface area contributed by atoms with Crippen molar-refractivity contribution in [2.24, 2.45) is 0 Å². The molecule has 0 aliphatic rings. The van der Waals surface area contributed by atoms with Gasteiger partial charge in [0.05, 0.1) is 17.8 Å². The van der Waals surface area contributed by atoms with Crippen molar-refractivity contribution in [3.8, 4) is 5.75 Å². The number of benzene rings is 2. The normalized spacial score (nSPS) is 13.4. The van der Waals surface area contributed by atoms with Crippen molar-refractivity contribution < 1.29 is 30.7 Å². The van der Waals surface area contributed by atoms with Gasteiger partial charge in [0.2, 0.25) is 0 Å². The summed E-state index contributed by atoms with van der Waals surface area (Å²) in [6.45, 7) is 1.73. The molecule has 4 nitrogen and oxygen atoms in total. The minimum absolute atomic E-state index is 0.0697. The molecule has 9 heteroatoms. The van der Waals surface area contributed by atoms with Crippen LogP contribution in [0.2, 0.25) is 0 Å². The summed E-state index contributed by atoms with van der Waals surface area (Å²) in [6.07, 6.45) is -4.03. The molecule has 0 aromatic heterocycles. The maximum Gasteiger partial charge on any atom is 0.327 e. The van der Waals surface area contributed by atoms with E-state index in [1.165, 1.54) is 55.6 Å². The molecule has 0 heterocycles. The number of anilines is 1. The third kappa shape index (κ3) is 5.12. The van der Waals surface area contributed by atoms with Crippen LogP contribution in [-0.2, 0) is 9.84 Å². The monoisotopic (exact) mass is 405 g/mol. The molecule has 2 aromatic rings. The first kappa shape index (κ1) is 21.0. The number of aryl methyl sites for hydroxylation is 1. The summed E-state index contributed by atoms with van der Waals surface area (Å²) in [4.78, 5) is -0.209. The SMILES string of the molecule is COc1ccc(N[C@H](CS(=O)(=O)c2ccc(C)cc2)C(F)(F)C(F)F)cc1. The number of nitrogens with one attached hydrogen (secondary N) is 1. The largest absolute Gasteiger partial charge is 0.497 e. The molecular weight excluding hydrogens is 386 g/mol. The third-order valence-corrected chi connectivity index (χ3v) is 5.72. The van der Waals surface area contributed by atoms with E-state index in [2.05, 4.69) is 5.32 Å². The molecule has 0 spiro atoms. The van der Waals surface area contributed by atoms with Gasteiger partial charge < -0.3 is 10.1 Å². The van der Waals surface area contributed by atoms with Crippen molar-refractivity contribution in [1.29, 1.82) is 0 Å². The van der Waals surface area contributed by atoms with Crippen LogP contribution in [0.4, 0.5) is 23.2 Å². The molecule has 0 radical (unpaired) electrons. The molecule has 0 aliphatic heterocycles. The molecule has 27 heavy (non-hydrogen) atoms. The van der Waals surface area contributed by atoms with Gasteiger partial charge in [-0.3, -0.25) is 0 Å². The Balaban J connectivity index is 2.33. The molecule has 0 bridgehead atoms. The fourth-order valence-electron chi connectivity index (χ4n) is 2.35. The number of ether oxygens (including phenoxy) is 1. The molecule has 148 valence electrons. The van der Waals surface area contributed by atoms with Crippen molar-refractivity contribution in [2.45, 2.75) is 30.2 Å². The van der Waals surface area contributed by atoms with Gasteiger partial charge in [0, 0.05) is 5.69 Å². The molecule has 0 amide bonds. The van der Waals surface area contributed by atoms with Gasteiger partial charge in [-0.1, -0.05) is 17.7 Å². The van der Waals surface area contributed by atoms with Crippen LogP contribution in [0.3, 0.4) is 0 Å². The number of methoxy groups -OCH3 is 1. The second-order valence-corrected chi connectivity index (χ2v) is 8.03. The van der Waals surface area contributed by atoms with E-state index in [0.29, 0.717) is 5.75 Å². The number of hydrogen-bond acceptors (Lipinski definition) is 4. The van der Waals surface area contributed by atoms with E-state index in [0.717, 1.165) is 5.56 Å². The maximum atomic E-state index is 14.1. The van der Waals surface area contributed by atoms with Gasteiger partial charge in [-0.25, -0.2) is 17.2 Å². The second-order valence-electron chi connectivity index (χ2n) is 6.00. The number of hydrogen-bond donors (Lipinski definition) is 1. The fourth-order valence-corrected chi connectivity index (χ4v) is 3.84. The fraction of sp³-hybridized carbons (Fsp3) is 0.333. The second kappa shape index (κ2) is 8.16. The summed E-state index contributed by atoms with van der Waals surface area (Å²) in [5.41, 5.74) is 0.847. The summed E-state index contributed by atoms with van der Waals surface area (Å²) in [5, 5.41) is 2.22. The lowest BCUT2D eigenvalue weighted by molar-refractivity contribution is -0.135. The van der Waals surface area contributed by atoms with Crippen LogP contribution in [-0.4, -0.2) is 39.7 Å². The summed E-state index contributed by atoms with van der Waals surface area (Å²) < 4.78 is 83.8. The quantitative estimate of drug-likeness (QED) is 0.670. The number of rotatable bonds is 8. The summed E-state index contributed by atoms with van der Waals surface area (Å²) in [6, 6.07) is 8.76. The highest BCUT2D eigenvalue weighted by Gasteiger charge is 2.50. The van der Waals surface area contributed by atoms with E-state index in [1.807, 2.05) is 0 Å². The third-order valence-electron chi connectivity index (χ3n) is 3.95. The predicted octanol–water partition coefficient (Wildman–Crippen LogP) is 4.16. The van der Waals surface area contributed by atoms with Crippen LogP contribution < -0.4 is 10.1 Å². The molecule has 0 saturated carbocycles. The standard InChI is InChI=1S/C18H19F4NO3S/c1-12-3-9-15(10-4-12)27(24,25)11-16(18(21,22)17(19)20)23-13-5-7-14(26-2)8-6-13/h3-10,16-17,23H,11H2,1-2H3/t16-/m1/s1. The van der Waals surface area contributed by atoms with E-state index in [4.69, 9.17) is 4.74 Å². The zero-order chi connectivity index (χ0) is 20.2. The first-order valence-corrected chi connectivity index (χ1v) is 9.57. The van der Waals surface area contributed by atoms with Gasteiger partial charge in [0.25, 0.3) is 0 Å². The van der Waals surface area contributed by atoms with Crippen LogP contribution in [0.1, 0.15) is 5.56 Å². The van der Waals surface area contributed by atoms with Crippen LogP contribution in [0.5, 0.6) is 5.75 Å². The lowest BCUT2D eigenvalue weighted by Gasteiger charge is -2.28. The van der Waals surface area contributed by atoms with Crippen molar-refractivity contribution >= 4 is 15.5 Å². The molecule has 1 atom stereocenters. The Kier molecular flexibility index (Phi) is 6.35. The molecule has 2 rings (SSSR count). The molecule has 0 fully saturated rings. The molecule has 0 saturated heterocycles. The molecular formula is C18H19F4NO3S. The molecule has 0 aliphatic carbocycles. The first-order valence-electron chi connectivity index (χ1n) is 7.92. The minimum Gasteiger partial charge on any atom is -0.497 e. The summed E-state index contributed by atoms with van der Waals surface area (Å²) >= 11 is 0. The Morgan fingerprint density at radius 2 is 1.59 bits per heavy atom. The topological polar surface area (TPSA) is 55.4 Å². The zero-order valence-corrected chi connectivity index (χ0v) is 15.4. The highest BCUT2D eigenvalue weighted by Crippen LogP contribution is 2.31. The average molecular weight is 405 g/mol. The van der Waals surface area contributed by atoms with E-state index in [9.17, 15) is 26.0 Å². The van der Waals surface area contributed by atoms with E-state index < -0.39 is 34.0 Å². The van der Waals surface area contributed by atoms with Gasteiger partial charge in [-0.05, 0) is 43.3 Å². The predicted molar refractivity (Wildman–Crippen MR) is 94.6 cm³/mol. The smallest absolute Gasteiger partial charge is 0.327 e. The van der Waals surface area contributed by atoms with Gasteiger partial charge in [0.15, 0.2) is 9.84 Å². The van der Waals surface area contributed by atoms with Crippen molar-refractivity contribution in [2.75, 3.05) is 18.2 Å². The lowest BCUT2D eigenvalue weighted by atomic mass is 10.1.